The summed E-state index contributed by atoms with van der Waals surface area (Å²) in [6.45, 7) is 0. The van der Waals surface area contributed by atoms with Crippen molar-refractivity contribution in [2.75, 3.05) is 17.7 Å². The van der Waals surface area contributed by atoms with E-state index in [1.165, 1.54) is 0 Å². The summed E-state index contributed by atoms with van der Waals surface area (Å²) in [5.41, 5.74) is 7.91. The fourth-order valence-electron chi connectivity index (χ4n) is 1.78. The molecule has 0 saturated heterocycles. The molecule has 2 N–H and O–H groups in total. The van der Waals surface area contributed by atoms with Crippen molar-refractivity contribution < 1.29 is 4.79 Å². The lowest BCUT2D eigenvalue weighted by atomic mass is 10.1. The minimum absolute atomic E-state index is 0.0341. The summed E-state index contributed by atoms with van der Waals surface area (Å²) in [7, 11) is 1.73. The zero-order valence-electron chi connectivity index (χ0n) is 10.9. The molecule has 0 heterocycles. The van der Waals surface area contributed by atoms with Crippen molar-refractivity contribution in [1.29, 1.82) is 0 Å². The molecule has 0 aliphatic rings. The number of nitrogens with zero attached hydrogens (tertiary/aromatic N) is 1. The number of halogens is 2. The first-order chi connectivity index (χ1) is 9.47. The number of hydrogen-bond donors (Lipinski definition) is 1. The van der Waals surface area contributed by atoms with Gasteiger partial charge in [-0.1, -0.05) is 29.3 Å². The van der Waals surface area contributed by atoms with E-state index in [4.69, 9.17) is 28.9 Å². The predicted molar refractivity (Wildman–Crippen MR) is 84.4 cm³/mol. The van der Waals surface area contributed by atoms with E-state index in [-0.39, 0.29) is 12.3 Å². The lowest BCUT2D eigenvalue weighted by Crippen LogP contribution is -2.27. The number of likely N-dealkylation sites (N-methyl/N-ethyl adjacent to an activating group) is 1. The van der Waals surface area contributed by atoms with Gasteiger partial charge in [0.1, 0.15) is 0 Å². The average Bonchev–Trinajstić information content (AvgIpc) is 2.43. The number of carbonyl (C=O) groups excluding carboxylic acids is 1. The molecule has 104 valence electrons. The van der Waals surface area contributed by atoms with E-state index >= 15 is 0 Å². The highest BCUT2D eigenvalue weighted by Gasteiger charge is 2.12. The maximum Gasteiger partial charge on any atom is 0.231 e. The second kappa shape index (κ2) is 6.16. The highest BCUT2D eigenvalue weighted by atomic mass is 35.5. The Morgan fingerprint density at radius 1 is 1.10 bits per heavy atom. The molecule has 0 fully saturated rings. The summed E-state index contributed by atoms with van der Waals surface area (Å²) < 4.78 is 0. The van der Waals surface area contributed by atoms with Crippen molar-refractivity contribution in [2.45, 2.75) is 6.42 Å². The van der Waals surface area contributed by atoms with Crippen LogP contribution in [0.5, 0.6) is 0 Å². The van der Waals surface area contributed by atoms with Gasteiger partial charge in [0.05, 0.1) is 16.5 Å². The summed E-state index contributed by atoms with van der Waals surface area (Å²) in [6, 6.07) is 12.3. The number of rotatable bonds is 3. The molecule has 5 heteroatoms. The molecular formula is C15H14Cl2N2O. The van der Waals surface area contributed by atoms with Crippen LogP contribution in [0, 0.1) is 0 Å². The number of nitrogens with two attached hydrogens (primary N) is 1. The fourth-order valence-corrected chi connectivity index (χ4v) is 2.11. The Labute approximate surface area is 127 Å². The Hall–Kier alpha value is -1.71. The van der Waals surface area contributed by atoms with Gasteiger partial charge in [-0.05, 0) is 42.0 Å². The third-order valence-corrected chi connectivity index (χ3v) is 3.73. The van der Waals surface area contributed by atoms with E-state index in [9.17, 15) is 4.79 Å². The molecular weight excluding hydrogens is 295 g/mol. The molecule has 0 radical (unpaired) electrons. The van der Waals surface area contributed by atoms with Crippen LogP contribution >= 0.6 is 23.2 Å². The lowest BCUT2D eigenvalue weighted by Gasteiger charge is -2.17. The average molecular weight is 309 g/mol. The molecule has 0 atom stereocenters. The van der Waals surface area contributed by atoms with Crippen LogP contribution in [0.2, 0.25) is 10.0 Å². The zero-order chi connectivity index (χ0) is 14.7. The Kier molecular flexibility index (Phi) is 4.53. The monoisotopic (exact) mass is 308 g/mol. The van der Waals surface area contributed by atoms with Crippen LogP contribution in [-0.4, -0.2) is 13.0 Å². The first-order valence-corrected chi connectivity index (χ1v) is 6.79. The van der Waals surface area contributed by atoms with E-state index in [1.807, 2.05) is 12.1 Å². The van der Waals surface area contributed by atoms with Gasteiger partial charge < -0.3 is 10.6 Å². The van der Waals surface area contributed by atoms with Crippen molar-refractivity contribution in [3.05, 3.63) is 58.1 Å². The summed E-state index contributed by atoms with van der Waals surface area (Å²) in [5, 5.41) is 0.932. The molecule has 0 aromatic heterocycles. The summed E-state index contributed by atoms with van der Waals surface area (Å²) in [6.07, 6.45) is 0.262. The van der Waals surface area contributed by atoms with E-state index < -0.39 is 0 Å². The van der Waals surface area contributed by atoms with Gasteiger partial charge in [0, 0.05) is 18.4 Å². The summed E-state index contributed by atoms with van der Waals surface area (Å²) in [5.74, 6) is -0.0341. The van der Waals surface area contributed by atoms with E-state index in [1.54, 1.807) is 42.3 Å². The Bertz CT molecular complexity index is 626. The first-order valence-electron chi connectivity index (χ1n) is 6.03. The zero-order valence-corrected chi connectivity index (χ0v) is 12.4. The number of anilines is 2. The minimum Gasteiger partial charge on any atom is -0.399 e. The van der Waals surface area contributed by atoms with Crippen LogP contribution in [0.1, 0.15) is 5.56 Å². The predicted octanol–water partition coefficient (Wildman–Crippen LogP) is 3.78. The van der Waals surface area contributed by atoms with Gasteiger partial charge in [0.15, 0.2) is 0 Å². The van der Waals surface area contributed by atoms with Gasteiger partial charge in [0.2, 0.25) is 5.91 Å². The first kappa shape index (κ1) is 14.7. The normalized spacial score (nSPS) is 10.3. The summed E-state index contributed by atoms with van der Waals surface area (Å²) >= 11 is 11.8. The quantitative estimate of drug-likeness (QED) is 0.877. The van der Waals surface area contributed by atoms with Gasteiger partial charge in [-0.2, -0.15) is 0 Å². The van der Waals surface area contributed by atoms with Crippen molar-refractivity contribution in [2.24, 2.45) is 0 Å². The van der Waals surface area contributed by atoms with Crippen LogP contribution in [0.3, 0.4) is 0 Å². The summed E-state index contributed by atoms with van der Waals surface area (Å²) in [4.78, 5) is 13.8. The Morgan fingerprint density at radius 2 is 1.75 bits per heavy atom. The SMILES string of the molecule is CN(C(=O)Cc1ccc(Cl)c(Cl)c1)c1ccc(N)cc1. The smallest absolute Gasteiger partial charge is 0.231 e. The van der Waals surface area contributed by atoms with Crippen molar-refractivity contribution in [3.63, 3.8) is 0 Å². The molecule has 1 amide bonds. The number of benzene rings is 2. The molecule has 0 unspecified atom stereocenters. The molecule has 2 aromatic carbocycles. The fraction of sp³-hybridized carbons (Fsp3) is 0.133. The van der Waals surface area contributed by atoms with Gasteiger partial charge in [-0.25, -0.2) is 0 Å². The number of nitrogen functional groups attached to an aromatic ring is 1. The van der Waals surface area contributed by atoms with Crippen LogP contribution in [0.25, 0.3) is 0 Å². The van der Waals surface area contributed by atoms with Crippen LogP contribution < -0.4 is 10.6 Å². The third-order valence-electron chi connectivity index (χ3n) is 2.99. The second-order valence-electron chi connectivity index (χ2n) is 4.47. The Balaban J connectivity index is 2.11. The lowest BCUT2D eigenvalue weighted by molar-refractivity contribution is -0.117. The number of amides is 1. The molecule has 2 rings (SSSR count). The molecule has 0 aliphatic heterocycles. The van der Waals surface area contributed by atoms with E-state index in [0.29, 0.717) is 15.7 Å². The third kappa shape index (κ3) is 3.44. The van der Waals surface area contributed by atoms with Crippen LogP contribution in [-0.2, 0) is 11.2 Å². The Morgan fingerprint density at radius 3 is 2.35 bits per heavy atom. The molecule has 20 heavy (non-hydrogen) atoms. The number of carbonyl (C=O) groups is 1. The number of hydrogen-bond acceptors (Lipinski definition) is 2. The van der Waals surface area contributed by atoms with Crippen LogP contribution in [0.15, 0.2) is 42.5 Å². The van der Waals surface area contributed by atoms with E-state index in [0.717, 1.165) is 11.3 Å². The van der Waals surface area contributed by atoms with Crippen LogP contribution in [0.4, 0.5) is 11.4 Å². The molecule has 2 aromatic rings. The topological polar surface area (TPSA) is 46.3 Å². The van der Waals surface area contributed by atoms with E-state index in [2.05, 4.69) is 0 Å². The highest BCUT2D eigenvalue weighted by molar-refractivity contribution is 6.42. The molecule has 0 spiro atoms. The highest BCUT2D eigenvalue weighted by Crippen LogP contribution is 2.23. The standard InChI is InChI=1S/C15H14Cl2N2O/c1-19(12-5-3-11(18)4-6-12)15(20)9-10-2-7-13(16)14(17)8-10/h2-8H,9,18H2,1H3. The largest absolute Gasteiger partial charge is 0.399 e. The van der Waals surface area contributed by atoms with Crippen molar-refractivity contribution in [1.82, 2.24) is 0 Å². The van der Waals surface area contributed by atoms with Gasteiger partial charge in [-0.3, -0.25) is 4.79 Å². The van der Waals surface area contributed by atoms with Gasteiger partial charge in [-0.15, -0.1) is 0 Å². The van der Waals surface area contributed by atoms with Gasteiger partial charge >= 0.3 is 0 Å². The minimum atomic E-state index is -0.0341. The molecule has 3 nitrogen and oxygen atoms in total. The van der Waals surface area contributed by atoms with Crippen molar-refractivity contribution in [3.8, 4) is 0 Å². The van der Waals surface area contributed by atoms with Gasteiger partial charge in [0.25, 0.3) is 0 Å². The molecule has 0 saturated carbocycles. The van der Waals surface area contributed by atoms with Crippen molar-refractivity contribution >= 4 is 40.5 Å². The second-order valence-corrected chi connectivity index (χ2v) is 5.28. The molecule has 0 aliphatic carbocycles. The molecule has 0 bridgehead atoms. The maximum absolute atomic E-state index is 12.2. The maximum atomic E-state index is 12.2.